The molecule has 2 aliphatic rings. The summed E-state index contributed by atoms with van der Waals surface area (Å²) in [6, 6.07) is 13.9. The molecule has 0 saturated heterocycles. The number of fused-ring (bicyclic) bond motifs is 2. The minimum absolute atomic E-state index is 0.0380. The van der Waals surface area contributed by atoms with Crippen LogP contribution in [0.3, 0.4) is 0 Å². The van der Waals surface area contributed by atoms with Gasteiger partial charge in [0, 0.05) is 18.4 Å². The van der Waals surface area contributed by atoms with Gasteiger partial charge in [-0.1, -0.05) is 24.3 Å². The van der Waals surface area contributed by atoms with Gasteiger partial charge in [0.2, 0.25) is 5.95 Å². The van der Waals surface area contributed by atoms with Gasteiger partial charge in [0.05, 0.1) is 17.3 Å². The van der Waals surface area contributed by atoms with Crippen LogP contribution in [0.1, 0.15) is 40.4 Å². The number of nitrogens with two attached hydrogens (primary N) is 1. The summed E-state index contributed by atoms with van der Waals surface area (Å²) in [6.45, 7) is 0.640. The van der Waals surface area contributed by atoms with Gasteiger partial charge in [-0.3, -0.25) is 4.79 Å². The number of aryl methyl sites for hydroxylation is 1. The first-order valence-corrected chi connectivity index (χ1v) is 11.0. The van der Waals surface area contributed by atoms with Crippen LogP contribution in [0.25, 0.3) is 0 Å². The Labute approximate surface area is 191 Å². The minimum atomic E-state index is -0.585. The van der Waals surface area contributed by atoms with Crippen molar-refractivity contribution in [1.29, 1.82) is 0 Å². The molecule has 5 rings (SSSR count). The molecule has 2 heterocycles. The summed E-state index contributed by atoms with van der Waals surface area (Å²) in [4.78, 5) is 20.9. The van der Waals surface area contributed by atoms with Gasteiger partial charge in [-0.2, -0.15) is 4.98 Å². The van der Waals surface area contributed by atoms with E-state index in [0.717, 1.165) is 30.6 Å². The monoisotopic (exact) mass is 446 g/mol. The van der Waals surface area contributed by atoms with E-state index in [1.807, 2.05) is 30.3 Å². The topological polar surface area (TPSA) is 134 Å². The Bertz CT molecular complexity index is 1180. The van der Waals surface area contributed by atoms with E-state index in [4.69, 9.17) is 10.5 Å². The summed E-state index contributed by atoms with van der Waals surface area (Å²) in [5.41, 5.74) is 9.87. The molecule has 0 saturated carbocycles. The van der Waals surface area contributed by atoms with E-state index in [9.17, 15) is 9.90 Å². The summed E-state index contributed by atoms with van der Waals surface area (Å²) in [5, 5.41) is 19.6. The Hall–Kier alpha value is -3.85. The van der Waals surface area contributed by atoms with Crippen LogP contribution in [0.4, 0.5) is 23.1 Å². The maximum Gasteiger partial charge on any atom is 0.254 e. The SMILES string of the molecule is NC(=O)c1cnc(Nc2ccc3c(c2)NCC(O)CO3)nc1NC1CCCc2ccccc21. The van der Waals surface area contributed by atoms with Gasteiger partial charge in [-0.15, -0.1) is 0 Å². The lowest BCUT2D eigenvalue weighted by Crippen LogP contribution is -2.23. The number of primary amides is 1. The van der Waals surface area contributed by atoms with Crippen molar-refractivity contribution >= 4 is 29.0 Å². The molecular formula is C24H26N6O3. The van der Waals surface area contributed by atoms with Crippen molar-refractivity contribution in [3.05, 3.63) is 65.4 Å². The van der Waals surface area contributed by atoms with Crippen molar-refractivity contribution in [2.45, 2.75) is 31.4 Å². The van der Waals surface area contributed by atoms with E-state index in [1.165, 1.54) is 17.3 Å². The van der Waals surface area contributed by atoms with Crippen LogP contribution >= 0.6 is 0 Å². The highest BCUT2D eigenvalue weighted by Crippen LogP contribution is 2.34. The zero-order valence-electron chi connectivity index (χ0n) is 18.0. The highest BCUT2D eigenvalue weighted by molar-refractivity contribution is 5.97. The van der Waals surface area contributed by atoms with Crippen molar-refractivity contribution < 1.29 is 14.6 Å². The molecule has 1 aliphatic heterocycles. The van der Waals surface area contributed by atoms with Crippen LogP contribution in [-0.2, 0) is 6.42 Å². The van der Waals surface area contributed by atoms with Crippen LogP contribution in [0.5, 0.6) is 5.75 Å². The zero-order valence-corrected chi connectivity index (χ0v) is 18.0. The summed E-state index contributed by atoms with van der Waals surface area (Å²) >= 11 is 0. The number of ether oxygens (including phenoxy) is 1. The molecule has 0 bridgehead atoms. The maximum absolute atomic E-state index is 12.0. The van der Waals surface area contributed by atoms with E-state index in [-0.39, 0.29) is 18.2 Å². The zero-order chi connectivity index (χ0) is 22.8. The van der Waals surface area contributed by atoms with Gasteiger partial charge in [-0.05, 0) is 48.6 Å². The summed E-state index contributed by atoms with van der Waals surface area (Å²) < 4.78 is 5.61. The molecule has 1 amide bonds. The standard InChI is InChI=1S/C24H26N6O3/c25-22(32)18-12-27-24(28-15-8-9-21-20(10-15)26-11-16(31)13-33-21)30-23(18)29-19-7-3-5-14-4-1-2-6-17(14)19/h1-2,4,6,8-10,12,16,19,26,31H,3,5,7,11,13H2,(H2,25,32)(H2,27,28,29,30). The van der Waals surface area contributed by atoms with E-state index >= 15 is 0 Å². The molecular weight excluding hydrogens is 420 g/mol. The predicted octanol–water partition coefficient (Wildman–Crippen LogP) is 2.97. The second-order valence-electron chi connectivity index (χ2n) is 8.29. The fourth-order valence-corrected chi connectivity index (χ4v) is 4.27. The van der Waals surface area contributed by atoms with Gasteiger partial charge < -0.3 is 31.5 Å². The first-order valence-electron chi connectivity index (χ1n) is 11.0. The lowest BCUT2D eigenvalue weighted by Gasteiger charge is -2.27. The van der Waals surface area contributed by atoms with Gasteiger partial charge in [0.1, 0.15) is 24.3 Å². The molecule has 9 heteroatoms. The van der Waals surface area contributed by atoms with Crippen LogP contribution in [0.15, 0.2) is 48.7 Å². The van der Waals surface area contributed by atoms with Crippen molar-refractivity contribution in [3.8, 4) is 5.75 Å². The van der Waals surface area contributed by atoms with Crippen LogP contribution < -0.4 is 26.4 Å². The quantitative estimate of drug-likeness (QED) is 0.404. The van der Waals surface area contributed by atoms with Crippen LogP contribution in [-0.4, -0.2) is 40.2 Å². The summed E-state index contributed by atoms with van der Waals surface area (Å²) in [6.07, 6.45) is 3.90. The molecule has 2 unspecified atom stereocenters. The molecule has 3 aromatic rings. The summed E-state index contributed by atoms with van der Waals surface area (Å²) in [7, 11) is 0. The van der Waals surface area contributed by atoms with E-state index in [1.54, 1.807) is 0 Å². The highest BCUT2D eigenvalue weighted by Gasteiger charge is 2.23. The molecule has 33 heavy (non-hydrogen) atoms. The van der Waals surface area contributed by atoms with Gasteiger partial charge >= 0.3 is 0 Å². The number of amides is 1. The number of hydrogen-bond donors (Lipinski definition) is 5. The number of carbonyl (C=O) groups is 1. The van der Waals surface area contributed by atoms with E-state index < -0.39 is 12.0 Å². The molecule has 1 aliphatic carbocycles. The predicted molar refractivity (Wildman–Crippen MR) is 126 cm³/mol. The maximum atomic E-state index is 12.0. The molecule has 0 spiro atoms. The number of aliphatic hydroxyl groups excluding tert-OH is 1. The third-order valence-electron chi connectivity index (χ3n) is 5.93. The number of rotatable bonds is 5. The Kier molecular flexibility index (Phi) is 5.70. The summed E-state index contributed by atoms with van der Waals surface area (Å²) in [5.74, 6) is 0.820. The number of hydrogen-bond acceptors (Lipinski definition) is 8. The molecule has 1 aromatic heterocycles. The number of benzene rings is 2. The van der Waals surface area contributed by atoms with Crippen molar-refractivity contribution in [2.24, 2.45) is 5.73 Å². The Morgan fingerprint density at radius 2 is 2.12 bits per heavy atom. The fourth-order valence-electron chi connectivity index (χ4n) is 4.27. The number of nitrogens with zero attached hydrogens (tertiary/aromatic N) is 2. The third kappa shape index (κ3) is 4.54. The van der Waals surface area contributed by atoms with E-state index in [0.29, 0.717) is 24.1 Å². The van der Waals surface area contributed by atoms with Crippen LogP contribution in [0.2, 0.25) is 0 Å². The normalized spacial score (nSPS) is 19.2. The number of β-amino-alcohol motifs (C(OH)–C–C–N with tert-alkyl or cyclic N) is 1. The van der Waals surface area contributed by atoms with Crippen LogP contribution in [0, 0.1) is 0 Å². The highest BCUT2D eigenvalue weighted by atomic mass is 16.5. The lowest BCUT2D eigenvalue weighted by molar-refractivity contribution is 0.100. The van der Waals surface area contributed by atoms with Gasteiger partial charge in [-0.25, -0.2) is 4.98 Å². The number of aromatic nitrogens is 2. The first-order chi connectivity index (χ1) is 16.1. The first kappa shape index (κ1) is 21.0. The van der Waals surface area contributed by atoms with Crippen molar-refractivity contribution in [2.75, 3.05) is 29.1 Å². The van der Waals surface area contributed by atoms with Crippen molar-refractivity contribution in [3.63, 3.8) is 0 Å². The second-order valence-corrected chi connectivity index (χ2v) is 8.29. The lowest BCUT2D eigenvalue weighted by atomic mass is 9.87. The van der Waals surface area contributed by atoms with Gasteiger partial charge in [0.15, 0.2) is 0 Å². The molecule has 6 N–H and O–H groups in total. The molecule has 0 fully saturated rings. The Balaban J connectivity index is 1.41. The number of aliphatic hydroxyl groups is 1. The van der Waals surface area contributed by atoms with Crippen molar-refractivity contribution in [1.82, 2.24) is 9.97 Å². The second kappa shape index (κ2) is 8.95. The fraction of sp³-hybridized carbons (Fsp3) is 0.292. The Morgan fingerprint density at radius 1 is 1.24 bits per heavy atom. The number of anilines is 4. The smallest absolute Gasteiger partial charge is 0.254 e. The average Bonchev–Trinajstić information content (AvgIpc) is 3.00. The molecule has 2 aromatic carbocycles. The molecule has 0 radical (unpaired) electrons. The van der Waals surface area contributed by atoms with E-state index in [2.05, 4.69) is 38.1 Å². The molecule has 2 atom stereocenters. The Morgan fingerprint density at radius 3 is 3.00 bits per heavy atom. The third-order valence-corrected chi connectivity index (χ3v) is 5.93. The molecule has 170 valence electrons. The number of carbonyl (C=O) groups excluding carboxylic acids is 1. The molecule has 9 nitrogen and oxygen atoms in total. The number of nitrogens with one attached hydrogen (secondary N) is 3. The largest absolute Gasteiger partial charge is 0.489 e. The minimum Gasteiger partial charge on any atom is -0.489 e. The van der Waals surface area contributed by atoms with Gasteiger partial charge in [0.25, 0.3) is 5.91 Å². The average molecular weight is 447 g/mol.